The van der Waals surface area contributed by atoms with E-state index in [1.54, 1.807) is 18.2 Å². The van der Waals surface area contributed by atoms with Gasteiger partial charge in [-0.3, -0.25) is 0 Å². The van der Waals surface area contributed by atoms with Crippen LogP contribution < -0.4 is 9.47 Å². The van der Waals surface area contributed by atoms with E-state index in [1.807, 2.05) is 0 Å². The molecule has 1 aromatic carbocycles. The minimum atomic E-state index is -0.936. The summed E-state index contributed by atoms with van der Waals surface area (Å²) >= 11 is 0. The molecule has 24 heavy (non-hydrogen) atoms. The van der Waals surface area contributed by atoms with Crippen LogP contribution in [0, 0.1) is 0 Å². The van der Waals surface area contributed by atoms with E-state index in [9.17, 15) is 9.59 Å². The van der Waals surface area contributed by atoms with Gasteiger partial charge in [0.1, 0.15) is 6.61 Å². The second-order valence-electron chi connectivity index (χ2n) is 4.52. The molecule has 0 bridgehead atoms. The lowest BCUT2D eigenvalue weighted by atomic mass is 10.2. The van der Waals surface area contributed by atoms with Gasteiger partial charge in [-0.1, -0.05) is 12.6 Å². The molecule has 130 valence electrons. The van der Waals surface area contributed by atoms with Crippen LogP contribution in [-0.2, 0) is 19.1 Å². The van der Waals surface area contributed by atoms with E-state index in [4.69, 9.17) is 24.1 Å². The standard InChI is InChI=1S/C17H20O7/c1-4-16(19)24-13(10-18)11-23-17(20)8-6-12-5-7-14(21-2)15(9-12)22-3/h4-9,13,18H,1,10-11H2,2-3H3. The Hall–Kier alpha value is -2.80. The highest BCUT2D eigenvalue weighted by atomic mass is 16.6. The Labute approximate surface area is 140 Å². The van der Waals surface area contributed by atoms with Crippen molar-refractivity contribution in [3.63, 3.8) is 0 Å². The number of carbonyl (C=O) groups excluding carboxylic acids is 2. The quantitative estimate of drug-likeness (QED) is 0.537. The molecular formula is C17H20O7. The van der Waals surface area contributed by atoms with E-state index >= 15 is 0 Å². The summed E-state index contributed by atoms with van der Waals surface area (Å²) in [5.41, 5.74) is 0.710. The monoisotopic (exact) mass is 336 g/mol. The molecule has 7 nitrogen and oxygen atoms in total. The topological polar surface area (TPSA) is 91.3 Å². The smallest absolute Gasteiger partial charge is 0.330 e. The Balaban J connectivity index is 2.59. The highest BCUT2D eigenvalue weighted by molar-refractivity contribution is 5.87. The van der Waals surface area contributed by atoms with Gasteiger partial charge >= 0.3 is 11.9 Å². The van der Waals surface area contributed by atoms with Crippen molar-refractivity contribution in [3.8, 4) is 11.5 Å². The molecule has 1 aromatic rings. The first kappa shape index (κ1) is 19.2. The Morgan fingerprint density at radius 3 is 2.50 bits per heavy atom. The average Bonchev–Trinajstić information content (AvgIpc) is 2.62. The molecule has 0 aliphatic carbocycles. The summed E-state index contributed by atoms with van der Waals surface area (Å²) in [4.78, 5) is 22.7. The molecule has 1 unspecified atom stereocenters. The summed E-state index contributed by atoms with van der Waals surface area (Å²) in [5, 5.41) is 9.05. The first-order chi connectivity index (χ1) is 11.5. The molecular weight excluding hydrogens is 316 g/mol. The third-order valence-electron chi connectivity index (χ3n) is 2.88. The Morgan fingerprint density at radius 1 is 1.21 bits per heavy atom. The number of ether oxygens (including phenoxy) is 4. The summed E-state index contributed by atoms with van der Waals surface area (Å²) < 4.78 is 20.0. The fourth-order valence-corrected chi connectivity index (χ4v) is 1.68. The number of carbonyl (C=O) groups is 2. The summed E-state index contributed by atoms with van der Waals surface area (Å²) in [7, 11) is 3.04. The van der Waals surface area contributed by atoms with Gasteiger partial charge < -0.3 is 24.1 Å². The van der Waals surface area contributed by atoms with Gasteiger partial charge in [-0.25, -0.2) is 9.59 Å². The fourth-order valence-electron chi connectivity index (χ4n) is 1.68. The molecule has 0 radical (unpaired) electrons. The van der Waals surface area contributed by atoms with Crippen LogP contribution >= 0.6 is 0 Å². The largest absolute Gasteiger partial charge is 0.493 e. The molecule has 0 aliphatic rings. The second-order valence-corrected chi connectivity index (χ2v) is 4.52. The first-order valence-corrected chi connectivity index (χ1v) is 7.04. The number of aliphatic hydroxyl groups excluding tert-OH is 1. The van der Waals surface area contributed by atoms with Gasteiger partial charge in [-0.15, -0.1) is 0 Å². The molecule has 0 heterocycles. The maximum atomic E-state index is 11.7. The van der Waals surface area contributed by atoms with Gasteiger partial charge in [-0.2, -0.15) is 0 Å². The lowest BCUT2D eigenvalue weighted by Crippen LogP contribution is -2.27. The summed E-state index contributed by atoms with van der Waals surface area (Å²) in [6.45, 7) is 2.51. The van der Waals surface area contributed by atoms with E-state index < -0.39 is 24.6 Å². The number of benzene rings is 1. The maximum Gasteiger partial charge on any atom is 0.330 e. The van der Waals surface area contributed by atoms with Crippen LogP contribution in [-0.4, -0.2) is 50.6 Å². The molecule has 0 amide bonds. The van der Waals surface area contributed by atoms with E-state index in [-0.39, 0.29) is 6.61 Å². The number of rotatable bonds is 9. The molecule has 0 aliphatic heterocycles. The Bertz CT molecular complexity index is 607. The fraction of sp³-hybridized carbons (Fsp3) is 0.294. The molecule has 1 rings (SSSR count). The zero-order chi connectivity index (χ0) is 17.9. The normalized spacial score (nSPS) is 11.6. The molecule has 7 heteroatoms. The highest BCUT2D eigenvalue weighted by Crippen LogP contribution is 2.27. The molecule has 0 fully saturated rings. The SMILES string of the molecule is C=CC(=O)OC(CO)COC(=O)C=Cc1ccc(OC)c(OC)c1. The van der Waals surface area contributed by atoms with Crippen LogP contribution in [0.25, 0.3) is 6.08 Å². The van der Waals surface area contributed by atoms with Gasteiger partial charge in [0.05, 0.1) is 20.8 Å². The number of esters is 2. The van der Waals surface area contributed by atoms with Crippen LogP contribution in [0.4, 0.5) is 0 Å². The Kier molecular flexibility index (Phi) is 8.07. The minimum absolute atomic E-state index is 0.259. The zero-order valence-electron chi connectivity index (χ0n) is 13.6. The Morgan fingerprint density at radius 2 is 1.92 bits per heavy atom. The van der Waals surface area contributed by atoms with Crippen molar-refractivity contribution in [1.82, 2.24) is 0 Å². The van der Waals surface area contributed by atoms with Crippen molar-refractivity contribution in [2.45, 2.75) is 6.10 Å². The summed E-state index contributed by atoms with van der Waals surface area (Å²) in [6, 6.07) is 5.15. The van der Waals surface area contributed by atoms with Crippen molar-refractivity contribution in [2.75, 3.05) is 27.4 Å². The number of aliphatic hydroxyl groups is 1. The van der Waals surface area contributed by atoms with Crippen molar-refractivity contribution >= 4 is 18.0 Å². The number of hydrogen-bond acceptors (Lipinski definition) is 7. The molecule has 0 saturated heterocycles. The van der Waals surface area contributed by atoms with Crippen LogP contribution in [0.5, 0.6) is 11.5 Å². The van der Waals surface area contributed by atoms with Gasteiger partial charge in [0.25, 0.3) is 0 Å². The van der Waals surface area contributed by atoms with Crippen molar-refractivity contribution in [2.24, 2.45) is 0 Å². The van der Waals surface area contributed by atoms with Crippen LogP contribution in [0.15, 0.2) is 36.9 Å². The molecule has 0 saturated carbocycles. The predicted octanol–water partition coefficient (Wildman–Crippen LogP) is 1.35. The third kappa shape index (κ3) is 6.13. The molecule has 1 N–H and O–H groups in total. The van der Waals surface area contributed by atoms with E-state index in [0.29, 0.717) is 17.1 Å². The molecule has 1 atom stereocenters. The number of methoxy groups -OCH3 is 2. The van der Waals surface area contributed by atoms with Crippen molar-refractivity contribution in [1.29, 1.82) is 0 Å². The number of hydrogen-bond donors (Lipinski definition) is 1. The lowest BCUT2D eigenvalue weighted by molar-refractivity contribution is -0.154. The average molecular weight is 336 g/mol. The van der Waals surface area contributed by atoms with Crippen molar-refractivity contribution in [3.05, 3.63) is 42.5 Å². The lowest BCUT2D eigenvalue weighted by Gasteiger charge is -2.13. The third-order valence-corrected chi connectivity index (χ3v) is 2.88. The van der Waals surface area contributed by atoms with Crippen molar-refractivity contribution < 1.29 is 33.6 Å². The molecule has 0 aromatic heterocycles. The highest BCUT2D eigenvalue weighted by Gasteiger charge is 2.13. The van der Waals surface area contributed by atoms with Crippen LogP contribution in [0.2, 0.25) is 0 Å². The van der Waals surface area contributed by atoms with Gasteiger partial charge in [0, 0.05) is 12.2 Å². The maximum absolute atomic E-state index is 11.7. The van der Waals surface area contributed by atoms with E-state index in [0.717, 1.165) is 6.08 Å². The van der Waals surface area contributed by atoms with Gasteiger partial charge in [0.15, 0.2) is 17.6 Å². The van der Waals surface area contributed by atoms with E-state index in [1.165, 1.54) is 26.4 Å². The molecule has 0 spiro atoms. The van der Waals surface area contributed by atoms with E-state index in [2.05, 4.69) is 6.58 Å². The zero-order valence-corrected chi connectivity index (χ0v) is 13.6. The van der Waals surface area contributed by atoms with Crippen LogP contribution in [0.1, 0.15) is 5.56 Å². The van der Waals surface area contributed by atoms with Crippen LogP contribution in [0.3, 0.4) is 0 Å². The summed E-state index contributed by atoms with van der Waals surface area (Å²) in [6.07, 6.45) is 2.77. The predicted molar refractivity (Wildman–Crippen MR) is 86.7 cm³/mol. The van der Waals surface area contributed by atoms with Gasteiger partial charge in [0.2, 0.25) is 0 Å². The summed E-state index contributed by atoms with van der Waals surface area (Å²) in [5.74, 6) is -0.236. The first-order valence-electron chi connectivity index (χ1n) is 7.04. The minimum Gasteiger partial charge on any atom is -0.493 e. The van der Waals surface area contributed by atoms with Gasteiger partial charge in [-0.05, 0) is 23.8 Å². The second kappa shape index (κ2) is 10.1.